The van der Waals surface area contributed by atoms with Crippen LogP contribution in [-0.2, 0) is 9.53 Å². The first-order valence-electron chi connectivity index (χ1n) is 4.59. The van der Waals surface area contributed by atoms with Crippen LogP contribution < -0.4 is 5.32 Å². The minimum atomic E-state index is -0.0722. The standard InChI is InChI=1S/C9H17NO2/c1-3-8-5-4-7(6-10-8)9(11)12-2/h7-8,10H,3-6H2,1-2H3/t7-,8+/m0/s1. The van der Waals surface area contributed by atoms with Crippen LogP contribution in [0.5, 0.6) is 0 Å². The molecule has 1 aliphatic rings. The van der Waals surface area contributed by atoms with Gasteiger partial charge in [-0.15, -0.1) is 0 Å². The summed E-state index contributed by atoms with van der Waals surface area (Å²) in [7, 11) is 1.45. The quantitative estimate of drug-likeness (QED) is 0.628. The highest BCUT2D eigenvalue weighted by Gasteiger charge is 2.25. The van der Waals surface area contributed by atoms with Crippen LogP contribution in [0.3, 0.4) is 0 Å². The molecule has 1 aliphatic heterocycles. The lowest BCUT2D eigenvalue weighted by atomic mass is 9.94. The van der Waals surface area contributed by atoms with E-state index >= 15 is 0 Å². The Bertz CT molecular complexity index is 151. The predicted octanol–water partition coefficient (Wildman–Crippen LogP) is 0.938. The van der Waals surface area contributed by atoms with Crippen molar-refractivity contribution in [3.05, 3.63) is 0 Å². The molecule has 1 saturated heterocycles. The molecule has 0 radical (unpaired) electrons. The molecule has 1 rings (SSSR count). The third-order valence-corrected chi connectivity index (χ3v) is 2.54. The Morgan fingerprint density at radius 3 is 2.75 bits per heavy atom. The molecule has 0 amide bonds. The summed E-state index contributed by atoms with van der Waals surface area (Å²) in [5, 5.41) is 3.33. The summed E-state index contributed by atoms with van der Waals surface area (Å²) in [4.78, 5) is 11.1. The summed E-state index contributed by atoms with van der Waals surface area (Å²) in [5.74, 6) is 0.00912. The van der Waals surface area contributed by atoms with Gasteiger partial charge in [0.25, 0.3) is 0 Å². The van der Waals surface area contributed by atoms with Gasteiger partial charge in [0.1, 0.15) is 0 Å². The van der Waals surface area contributed by atoms with E-state index in [1.54, 1.807) is 0 Å². The van der Waals surface area contributed by atoms with Gasteiger partial charge >= 0.3 is 5.97 Å². The monoisotopic (exact) mass is 171 g/mol. The second-order valence-electron chi connectivity index (χ2n) is 3.31. The summed E-state index contributed by atoms with van der Waals surface area (Å²) >= 11 is 0. The minimum Gasteiger partial charge on any atom is -0.469 e. The summed E-state index contributed by atoms with van der Waals surface area (Å²) in [6, 6.07) is 0.603. The predicted molar refractivity (Wildman–Crippen MR) is 46.8 cm³/mol. The number of methoxy groups -OCH3 is 1. The molecule has 0 saturated carbocycles. The Hall–Kier alpha value is -0.570. The molecule has 0 aromatic carbocycles. The molecule has 2 atom stereocenters. The maximum Gasteiger partial charge on any atom is 0.309 e. The summed E-state index contributed by atoms with van der Waals surface area (Å²) in [6.45, 7) is 2.95. The van der Waals surface area contributed by atoms with E-state index in [0.29, 0.717) is 6.04 Å². The van der Waals surface area contributed by atoms with Gasteiger partial charge in [0.15, 0.2) is 0 Å². The largest absolute Gasteiger partial charge is 0.469 e. The molecular formula is C9H17NO2. The summed E-state index contributed by atoms with van der Waals surface area (Å²) < 4.78 is 4.68. The van der Waals surface area contributed by atoms with Gasteiger partial charge in [-0.3, -0.25) is 4.79 Å². The average molecular weight is 171 g/mol. The van der Waals surface area contributed by atoms with Crippen molar-refractivity contribution < 1.29 is 9.53 Å². The Morgan fingerprint density at radius 2 is 2.33 bits per heavy atom. The number of carbonyl (C=O) groups excluding carboxylic acids is 1. The zero-order chi connectivity index (χ0) is 8.97. The van der Waals surface area contributed by atoms with Gasteiger partial charge in [0, 0.05) is 12.6 Å². The molecule has 0 aromatic rings. The molecule has 0 spiro atoms. The topological polar surface area (TPSA) is 38.3 Å². The van der Waals surface area contributed by atoms with Crippen molar-refractivity contribution in [2.24, 2.45) is 5.92 Å². The maximum atomic E-state index is 11.1. The van der Waals surface area contributed by atoms with E-state index in [9.17, 15) is 4.79 Å². The fourth-order valence-electron chi connectivity index (χ4n) is 1.63. The van der Waals surface area contributed by atoms with Crippen LogP contribution in [0.1, 0.15) is 26.2 Å². The third kappa shape index (κ3) is 2.21. The molecule has 1 heterocycles. The molecule has 1 N–H and O–H groups in total. The second-order valence-corrected chi connectivity index (χ2v) is 3.31. The van der Waals surface area contributed by atoms with Crippen LogP contribution in [0, 0.1) is 5.92 Å². The van der Waals surface area contributed by atoms with Crippen LogP contribution in [0.2, 0.25) is 0 Å². The van der Waals surface area contributed by atoms with Gasteiger partial charge < -0.3 is 10.1 Å². The third-order valence-electron chi connectivity index (χ3n) is 2.54. The zero-order valence-corrected chi connectivity index (χ0v) is 7.80. The average Bonchev–Trinajstić information content (AvgIpc) is 2.17. The van der Waals surface area contributed by atoms with E-state index in [1.807, 2.05) is 0 Å². The normalized spacial score (nSPS) is 29.8. The maximum absolute atomic E-state index is 11.1. The van der Waals surface area contributed by atoms with Gasteiger partial charge in [-0.2, -0.15) is 0 Å². The SMILES string of the molecule is CC[C@@H]1CC[C@H](C(=O)OC)CN1. The first-order chi connectivity index (χ1) is 5.77. The molecule has 12 heavy (non-hydrogen) atoms. The lowest BCUT2D eigenvalue weighted by Crippen LogP contribution is -2.41. The first kappa shape index (κ1) is 9.52. The van der Waals surface area contributed by atoms with Crippen molar-refractivity contribution >= 4 is 5.97 Å². The van der Waals surface area contributed by atoms with Crippen molar-refractivity contribution in [2.75, 3.05) is 13.7 Å². The number of piperidine rings is 1. The van der Waals surface area contributed by atoms with Gasteiger partial charge in [-0.05, 0) is 19.3 Å². The van der Waals surface area contributed by atoms with Crippen molar-refractivity contribution in [2.45, 2.75) is 32.2 Å². The van der Waals surface area contributed by atoms with Crippen LogP contribution in [-0.4, -0.2) is 25.7 Å². The number of ether oxygens (including phenoxy) is 1. The lowest BCUT2D eigenvalue weighted by Gasteiger charge is -2.27. The number of nitrogens with one attached hydrogen (secondary N) is 1. The molecule has 3 nitrogen and oxygen atoms in total. The minimum absolute atomic E-state index is 0.0722. The van der Waals surface area contributed by atoms with E-state index in [2.05, 4.69) is 17.0 Å². The summed E-state index contributed by atoms with van der Waals surface area (Å²) in [5.41, 5.74) is 0. The number of esters is 1. The lowest BCUT2D eigenvalue weighted by molar-refractivity contribution is -0.146. The molecule has 0 aliphatic carbocycles. The molecule has 3 heteroatoms. The van der Waals surface area contributed by atoms with E-state index < -0.39 is 0 Å². The first-order valence-corrected chi connectivity index (χ1v) is 4.59. The van der Waals surface area contributed by atoms with Gasteiger partial charge in [0.2, 0.25) is 0 Å². The molecule has 70 valence electrons. The highest BCUT2D eigenvalue weighted by Crippen LogP contribution is 2.16. The van der Waals surface area contributed by atoms with Gasteiger partial charge in [-0.1, -0.05) is 6.92 Å². The highest BCUT2D eigenvalue weighted by atomic mass is 16.5. The second kappa shape index (κ2) is 4.45. The molecule has 0 aromatic heterocycles. The van der Waals surface area contributed by atoms with Gasteiger partial charge in [0.05, 0.1) is 13.0 Å². The van der Waals surface area contributed by atoms with Crippen LogP contribution in [0.15, 0.2) is 0 Å². The number of hydrogen-bond donors (Lipinski definition) is 1. The number of rotatable bonds is 2. The van der Waals surface area contributed by atoms with Crippen molar-refractivity contribution in [3.8, 4) is 0 Å². The van der Waals surface area contributed by atoms with E-state index in [1.165, 1.54) is 7.11 Å². The summed E-state index contributed by atoms with van der Waals surface area (Å²) in [6.07, 6.45) is 3.21. The zero-order valence-electron chi connectivity index (χ0n) is 7.80. The van der Waals surface area contributed by atoms with Crippen molar-refractivity contribution in [3.63, 3.8) is 0 Å². The van der Waals surface area contributed by atoms with E-state index in [4.69, 9.17) is 0 Å². The Balaban J connectivity index is 2.30. The molecule has 0 unspecified atom stereocenters. The van der Waals surface area contributed by atoms with Crippen molar-refractivity contribution in [1.29, 1.82) is 0 Å². The number of carbonyl (C=O) groups is 1. The van der Waals surface area contributed by atoms with E-state index in [-0.39, 0.29) is 11.9 Å². The smallest absolute Gasteiger partial charge is 0.309 e. The van der Waals surface area contributed by atoms with Crippen molar-refractivity contribution in [1.82, 2.24) is 5.32 Å². The van der Waals surface area contributed by atoms with Crippen LogP contribution in [0.25, 0.3) is 0 Å². The van der Waals surface area contributed by atoms with Crippen LogP contribution >= 0.6 is 0 Å². The molecular weight excluding hydrogens is 154 g/mol. The number of hydrogen-bond acceptors (Lipinski definition) is 3. The Labute approximate surface area is 73.5 Å². The Kier molecular flexibility index (Phi) is 3.53. The van der Waals surface area contributed by atoms with Crippen LogP contribution in [0.4, 0.5) is 0 Å². The van der Waals surface area contributed by atoms with Gasteiger partial charge in [-0.25, -0.2) is 0 Å². The fourth-order valence-corrected chi connectivity index (χ4v) is 1.63. The van der Waals surface area contributed by atoms with E-state index in [0.717, 1.165) is 25.8 Å². The molecule has 0 bridgehead atoms. The highest BCUT2D eigenvalue weighted by molar-refractivity contribution is 5.72. The fraction of sp³-hybridized carbons (Fsp3) is 0.889. The Morgan fingerprint density at radius 1 is 1.58 bits per heavy atom. The molecule has 1 fully saturated rings.